The molecular weight excluding hydrogens is 198 g/mol. The lowest BCUT2D eigenvalue weighted by molar-refractivity contribution is 0.160. The maximum atomic E-state index is 8.98. The first kappa shape index (κ1) is 13.5. The van der Waals surface area contributed by atoms with Crippen LogP contribution in [0, 0.1) is 22.7 Å². The van der Waals surface area contributed by atoms with E-state index < -0.39 is 0 Å². The number of likely N-dealkylation sites (tertiary alicyclic amines) is 1. The fraction of sp³-hybridized carbons (Fsp3) is 0.923. The van der Waals surface area contributed by atoms with Crippen LogP contribution < -0.4 is 5.32 Å². The smallest absolute Gasteiger partial charge is 0.0684 e. The summed E-state index contributed by atoms with van der Waals surface area (Å²) >= 11 is 0. The van der Waals surface area contributed by atoms with Crippen LogP contribution in [0.3, 0.4) is 0 Å². The fourth-order valence-electron chi connectivity index (χ4n) is 2.30. The molecule has 0 saturated carbocycles. The first-order valence-electron chi connectivity index (χ1n) is 6.35. The van der Waals surface area contributed by atoms with Crippen LogP contribution in [0.4, 0.5) is 0 Å². The molecule has 0 aromatic carbocycles. The zero-order chi connectivity index (χ0) is 12.0. The van der Waals surface area contributed by atoms with Crippen LogP contribution in [0.5, 0.6) is 0 Å². The molecule has 16 heavy (non-hydrogen) atoms. The minimum atomic E-state index is -0.171. The van der Waals surface area contributed by atoms with E-state index in [4.69, 9.17) is 5.26 Å². The van der Waals surface area contributed by atoms with Crippen LogP contribution in [0.25, 0.3) is 0 Å². The summed E-state index contributed by atoms with van der Waals surface area (Å²) in [6.45, 7) is 8.66. The van der Waals surface area contributed by atoms with Crippen molar-refractivity contribution in [3.8, 4) is 6.07 Å². The van der Waals surface area contributed by atoms with Gasteiger partial charge in [0.05, 0.1) is 11.5 Å². The topological polar surface area (TPSA) is 39.1 Å². The van der Waals surface area contributed by atoms with Gasteiger partial charge in [0.1, 0.15) is 0 Å². The van der Waals surface area contributed by atoms with Crippen molar-refractivity contribution in [1.82, 2.24) is 10.2 Å². The molecule has 1 unspecified atom stereocenters. The molecule has 1 atom stereocenters. The van der Waals surface area contributed by atoms with Crippen molar-refractivity contribution in [2.75, 3.05) is 33.2 Å². The molecule has 0 amide bonds. The maximum Gasteiger partial charge on any atom is 0.0684 e. The molecule has 1 fully saturated rings. The summed E-state index contributed by atoms with van der Waals surface area (Å²) in [4.78, 5) is 2.52. The minimum Gasteiger partial charge on any atom is -0.319 e. The van der Waals surface area contributed by atoms with E-state index >= 15 is 0 Å². The van der Waals surface area contributed by atoms with E-state index in [1.807, 2.05) is 20.9 Å². The second-order valence-electron chi connectivity index (χ2n) is 5.61. The van der Waals surface area contributed by atoms with Gasteiger partial charge in [-0.25, -0.2) is 0 Å². The van der Waals surface area contributed by atoms with Crippen molar-refractivity contribution in [1.29, 1.82) is 5.26 Å². The Morgan fingerprint density at radius 1 is 1.50 bits per heavy atom. The zero-order valence-corrected chi connectivity index (χ0v) is 10.9. The highest BCUT2D eigenvalue weighted by Crippen LogP contribution is 2.21. The van der Waals surface area contributed by atoms with Gasteiger partial charge >= 0.3 is 0 Å². The van der Waals surface area contributed by atoms with Gasteiger partial charge in [-0.15, -0.1) is 0 Å². The van der Waals surface area contributed by atoms with Gasteiger partial charge in [0.25, 0.3) is 0 Å². The third kappa shape index (κ3) is 4.51. The lowest BCUT2D eigenvalue weighted by atomic mass is 9.90. The fourth-order valence-corrected chi connectivity index (χ4v) is 2.30. The van der Waals surface area contributed by atoms with Crippen LogP contribution in [0.2, 0.25) is 0 Å². The number of piperidine rings is 1. The van der Waals surface area contributed by atoms with Crippen molar-refractivity contribution in [2.45, 2.75) is 33.1 Å². The van der Waals surface area contributed by atoms with Gasteiger partial charge in [0.15, 0.2) is 0 Å². The second kappa shape index (κ2) is 6.22. The molecule has 1 aliphatic heterocycles. The molecule has 0 bridgehead atoms. The number of hydrogen-bond donors (Lipinski definition) is 1. The van der Waals surface area contributed by atoms with E-state index in [0.717, 1.165) is 25.4 Å². The third-order valence-corrected chi connectivity index (χ3v) is 3.45. The molecule has 1 rings (SSSR count). The molecule has 3 heteroatoms. The largest absolute Gasteiger partial charge is 0.319 e. The molecule has 0 aliphatic carbocycles. The van der Waals surface area contributed by atoms with E-state index in [1.54, 1.807) is 0 Å². The lowest BCUT2D eigenvalue weighted by Crippen LogP contribution is -2.40. The minimum absolute atomic E-state index is 0.171. The number of nitrogens with one attached hydrogen (secondary N) is 1. The summed E-state index contributed by atoms with van der Waals surface area (Å²) < 4.78 is 0. The zero-order valence-electron chi connectivity index (χ0n) is 10.9. The van der Waals surface area contributed by atoms with Crippen molar-refractivity contribution in [3.05, 3.63) is 0 Å². The van der Waals surface area contributed by atoms with E-state index in [9.17, 15) is 0 Å². The maximum absolute atomic E-state index is 8.98. The Morgan fingerprint density at radius 3 is 2.88 bits per heavy atom. The second-order valence-corrected chi connectivity index (χ2v) is 5.61. The van der Waals surface area contributed by atoms with Gasteiger partial charge < -0.3 is 10.2 Å². The van der Waals surface area contributed by atoms with Crippen molar-refractivity contribution >= 4 is 0 Å². The molecule has 1 aliphatic rings. The van der Waals surface area contributed by atoms with Gasteiger partial charge in [-0.1, -0.05) is 0 Å². The molecule has 92 valence electrons. The molecule has 1 saturated heterocycles. The number of nitriles is 1. The lowest BCUT2D eigenvalue weighted by Gasteiger charge is -2.33. The molecule has 0 radical (unpaired) electrons. The summed E-state index contributed by atoms with van der Waals surface area (Å²) in [5, 5.41) is 12.2. The van der Waals surface area contributed by atoms with Crippen molar-refractivity contribution in [3.63, 3.8) is 0 Å². The van der Waals surface area contributed by atoms with Crippen LogP contribution in [0.15, 0.2) is 0 Å². The van der Waals surface area contributed by atoms with Crippen LogP contribution in [-0.2, 0) is 0 Å². The van der Waals surface area contributed by atoms with E-state index in [2.05, 4.69) is 16.3 Å². The highest BCUT2D eigenvalue weighted by molar-refractivity contribution is 4.92. The normalized spacial score (nSPS) is 23.0. The van der Waals surface area contributed by atoms with E-state index in [1.165, 1.54) is 25.9 Å². The highest BCUT2D eigenvalue weighted by Gasteiger charge is 2.22. The predicted molar refractivity (Wildman–Crippen MR) is 67.1 cm³/mol. The molecule has 1 N–H and O–H groups in total. The summed E-state index contributed by atoms with van der Waals surface area (Å²) in [6, 6.07) is 2.38. The summed E-state index contributed by atoms with van der Waals surface area (Å²) in [5.41, 5.74) is -0.171. The molecule has 1 heterocycles. The van der Waals surface area contributed by atoms with E-state index in [0.29, 0.717) is 0 Å². The van der Waals surface area contributed by atoms with Gasteiger partial charge in [-0.05, 0) is 65.7 Å². The Labute approximate surface area is 99.8 Å². The molecule has 0 aromatic rings. The standard InChI is InChI=1S/C13H25N3/c1-13(2,11-14)6-8-16-7-4-5-12(10-16)9-15-3/h12,15H,4-10H2,1-3H3. The Hall–Kier alpha value is -0.590. The molecule has 0 aromatic heterocycles. The van der Waals surface area contributed by atoms with Crippen molar-refractivity contribution in [2.24, 2.45) is 11.3 Å². The molecule has 3 nitrogen and oxygen atoms in total. The summed E-state index contributed by atoms with van der Waals surface area (Å²) in [6.07, 6.45) is 3.63. The number of hydrogen-bond acceptors (Lipinski definition) is 3. The summed E-state index contributed by atoms with van der Waals surface area (Å²) in [7, 11) is 2.03. The Bertz CT molecular complexity index is 240. The Kier molecular flexibility index (Phi) is 5.24. The van der Waals surface area contributed by atoms with Crippen LogP contribution in [-0.4, -0.2) is 38.1 Å². The average molecular weight is 223 g/mol. The molecular formula is C13H25N3. The van der Waals surface area contributed by atoms with Crippen LogP contribution in [0.1, 0.15) is 33.1 Å². The van der Waals surface area contributed by atoms with Gasteiger partial charge in [0, 0.05) is 6.54 Å². The monoisotopic (exact) mass is 223 g/mol. The number of rotatable bonds is 5. The first-order valence-corrected chi connectivity index (χ1v) is 6.35. The van der Waals surface area contributed by atoms with Gasteiger partial charge in [-0.2, -0.15) is 5.26 Å². The molecule has 0 spiro atoms. The third-order valence-electron chi connectivity index (χ3n) is 3.45. The summed E-state index contributed by atoms with van der Waals surface area (Å²) in [5.74, 6) is 0.795. The number of nitrogens with zero attached hydrogens (tertiary/aromatic N) is 2. The highest BCUT2D eigenvalue weighted by atomic mass is 15.1. The van der Waals surface area contributed by atoms with Crippen LogP contribution >= 0.6 is 0 Å². The average Bonchev–Trinajstić information content (AvgIpc) is 2.28. The quantitative estimate of drug-likeness (QED) is 0.773. The van der Waals surface area contributed by atoms with Crippen molar-refractivity contribution < 1.29 is 0 Å². The van der Waals surface area contributed by atoms with Gasteiger partial charge in [-0.3, -0.25) is 0 Å². The first-order chi connectivity index (χ1) is 7.57. The Morgan fingerprint density at radius 2 is 2.25 bits per heavy atom. The predicted octanol–water partition coefficient (Wildman–Crippen LogP) is 1.86. The Balaban J connectivity index is 2.30. The van der Waals surface area contributed by atoms with Gasteiger partial charge in [0.2, 0.25) is 0 Å². The van der Waals surface area contributed by atoms with E-state index in [-0.39, 0.29) is 5.41 Å². The SMILES string of the molecule is CNCC1CCCN(CCC(C)(C)C#N)C1.